The van der Waals surface area contributed by atoms with Gasteiger partial charge in [-0.2, -0.15) is 0 Å². The summed E-state index contributed by atoms with van der Waals surface area (Å²) >= 11 is 0. The van der Waals surface area contributed by atoms with E-state index in [1.807, 2.05) is 6.92 Å². The Labute approximate surface area is 149 Å². The van der Waals surface area contributed by atoms with Gasteiger partial charge < -0.3 is 9.84 Å². The number of ether oxygens (including phenoxy) is 1. The molecule has 0 radical (unpaired) electrons. The van der Waals surface area contributed by atoms with Crippen molar-refractivity contribution < 1.29 is 24.2 Å². The van der Waals surface area contributed by atoms with E-state index >= 15 is 0 Å². The summed E-state index contributed by atoms with van der Waals surface area (Å²) in [5, 5.41) is 11.5. The standard InChI is InChI=1S/C19H16N2O5/c1-2-26-16-6-4-3-5-12(16)11-15-17(23)20-19(25)21(18(15)24)13-7-9-14(22)10-8-13/h3-11,22H,2H2,1H3,(H,20,23,25)/b15-11+. The Kier molecular flexibility index (Phi) is 4.70. The molecule has 2 aromatic rings. The van der Waals surface area contributed by atoms with Crippen molar-refractivity contribution in [2.75, 3.05) is 11.5 Å². The van der Waals surface area contributed by atoms with Gasteiger partial charge in [0.2, 0.25) is 0 Å². The third-order valence-electron chi connectivity index (χ3n) is 3.73. The number of anilines is 1. The molecule has 132 valence electrons. The number of imide groups is 2. The lowest BCUT2D eigenvalue weighted by Gasteiger charge is -2.26. The third kappa shape index (κ3) is 3.27. The molecule has 7 heteroatoms. The second-order valence-electron chi connectivity index (χ2n) is 5.45. The molecule has 1 fully saturated rings. The number of urea groups is 1. The Morgan fingerprint density at radius 3 is 2.46 bits per heavy atom. The van der Waals surface area contributed by atoms with Crippen LogP contribution in [0.5, 0.6) is 11.5 Å². The molecule has 3 rings (SSSR count). The molecule has 2 aromatic carbocycles. The van der Waals surface area contributed by atoms with Gasteiger partial charge in [0.1, 0.15) is 17.1 Å². The van der Waals surface area contributed by atoms with Gasteiger partial charge in [-0.05, 0) is 43.3 Å². The van der Waals surface area contributed by atoms with Gasteiger partial charge in [0.25, 0.3) is 11.8 Å². The number of carbonyl (C=O) groups excluding carboxylic acids is 3. The van der Waals surface area contributed by atoms with Crippen LogP contribution in [0.3, 0.4) is 0 Å². The highest BCUT2D eigenvalue weighted by molar-refractivity contribution is 6.39. The normalized spacial score (nSPS) is 16.0. The largest absolute Gasteiger partial charge is 0.508 e. The van der Waals surface area contributed by atoms with Crippen LogP contribution in [0, 0.1) is 0 Å². The molecule has 0 atom stereocenters. The SMILES string of the molecule is CCOc1ccccc1/C=C1\C(=O)NC(=O)N(c2ccc(O)cc2)C1=O. The number of hydrogen-bond donors (Lipinski definition) is 2. The molecule has 2 N–H and O–H groups in total. The van der Waals surface area contributed by atoms with E-state index in [0.717, 1.165) is 4.90 Å². The van der Waals surface area contributed by atoms with Gasteiger partial charge in [-0.1, -0.05) is 18.2 Å². The van der Waals surface area contributed by atoms with Crippen molar-refractivity contribution in [3.63, 3.8) is 0 Å². The predicted molar refractivity (Wildman–Crippen MR) is 94.7 cm³/mol. The van der Waals surface area contributed by atoms with Gasteiger partial charge in [0, 0.05) is 5.56 Å². The average molecular weight is 352 g/mol. The number of nitrogens with one attached hydrogen (secondary N) is 1. The monoisotopic (exact) mass is 352 g/mol. The number of aromatic hydroxyl groups is 1. The Bertz CT molecular complexity index is 902. The molecule has 0 spiro atoms. The minimum Gasteiger partial charge on any atom is -0.508 e. The van der Waals surface area contributed by atoms with Crippen molar-refractivity contribution in [2.45, 2.75) is 6.92 Å². The Hall–Kier alpha value is -3.61. The predicted octanol–water partition coefficient (Wildman–Crippen LogP) is 2.46. The summed E-state index contributed by atoms with van der Waals surface area (Å²) in [6, 6.07) is 11.6. The molecular weight excluding hydrogens is 336 g/mol. The van der Waals surface area contributed by atoms with Crippen LogP contribution in [-0.4, -0.2) is 29.6 Å². The number of para-hydroxylation sites is 1. The second kappa shape index (κ2) is 7.10. The van der Waals surface area contributed by atoms with E-state index < -0.39 is 17.8 Å². The Balaban J connectivity index is 2.02. The van der Waals surface area contributed by atoms with Gasteiger partial charge in [-0.25, -0.2) is 9.69 Å². The number of phenols is 1. The Morgan fingerprint density at radius 1 is 1.08 bits per heavy atom. The molecule has 0 aliphatic carbocycles. The van der Waals surface area contributed by atoms with E-state index in [2.05, 4.69) is 5.32 Å². The van der Waals surface area contributed by atoms with E-state index in [0.29, 0.717) is 17.9 Å². The number of hydrogen-bond acceptors (Lipinski definition) is 5. The van der Waals surface area contributed by atoms with Crippen LogP contribution in [-0.2, 0) is 9.59 Å². The lowest BCUT2D eigenvalue weighted by Crippen LogP contribution is -2.54. The average Bonchev–Trinajstić information content (AvgIpc) is 2.61. The molecule has 0 unspecified atom stereocenters. The molecule has 4 amide bonds. The van der Waals surface area contributed by atoms with Crippen LogP contribution < -0.4 is 15.0 Å². The molecule has 7 nitrogen and oxygen atoms in total. The van der Waals surface area contributed by atoms with E-state index in [9.17, 15) is 19.5 Å². The maximum absolute atomic E-state index is 12.8. The van der Waals surface area contributed by atoms with Gasteiger partial charge in [0.05, 0.1) is 12.3 Å². The zero-order valence-corrected chi connectivity index (χ0v) is 13.9. The molecule has 0 saturated carbocycles. The van der Waals surface area contributed by atoms with Crippen molar-refractivity contribution in [1.82, 2.24) is 5.32 Å². The Morgan fingerprint density at radius 2 is 1.77 bits per heavy atom. The maximum Gasteiger partial charge on any atom is 0.335 e. The van der Waals surface area contributed by atoms with E-state index in [-0.39, 0.29) is 17.0 Å². The molecule has 26 heavy (non-hydrogen) atoms. The summed E-state index contributed by atoms with van der Waals surface area (Å²) in [5.41, 5.74) is 0.597. The lowest BCUT2D eigenvalue weighted by atomic mass is 10.1. The second-order valence-corrected chi connectivity index (χ2v) is 5.45. The van der Waals surface area contributed by atoms with Crippen molar-refractivity contribution in [1.29, 1.82) is 0 Å². The topological polar surface area (TPSA) is 95.9 Å². The molecule has 1 heterocycles. The first-order valence-electron chi connectivity index (χ1n) is 7.93. The van der Waals surface area contributed by atoms with Gasteiger partial charge in [0.15, 0.2) is 0 Å². The fourth-order valence-electron chi connectivity index (χ4n) is 2.54. The number of barbiturate groups is 1. The molecule has 1 aliphatic heterocycles. The van der Waals surface area contributed by atoms with Crippen molar-refractivity contribution >= 4 is 29.6 Å². The van der Waals surface area contributed by atoms with E-state index in [1.54, 1.807) is 24.3 Å². The molecule has 1 saturated heterocycles. The van der Waals surface area contributed by atoms with Gasteiger partial charge >= 0.3 is 6.03 Å². The zero-order chi connectivity index (χ0) is 18.7. The van der Waals surface area contributed by atoms with Crippen LogP contribution in [0.4, 0.5) is 10.5 Å². The van der Waals surface area contributed by atoms with Crippen LogP contribution in [0.1, 0.15) is 12.5 Å². The fraction of sp³-hybridized carbons (Fsp3) is 0.105. The first-order valence-corrected chi connectivity index (χ1v) is 7.93. The highest BCUT2D eigenvalue weighted by atomic mass is 16.5. The summed E-state index contributed by atoms with van der Waals surface area (Å²) in [7, 11) is 0. The fourth-order valence-corrected chi connectivity index (χ4v) is 2.54. The van der Waals surface area contributed by atoms with Crippen molar-refractivity contribution in [2.24, 2.45) is 0 Å². The number of benzene rings is 2. The number of phenolic OH excluding ortho intramolecular Hbond substituents is 1. The smallest absolute Gasteiger partial charge is 0.335 e. The van der Waals surface area contributed by atoms with Gasteiger partial charge in [-0.3, -0.25) is 14.9 Å². The van der Waals surface area contributed by atoms with Crippen LogP contribution in [0.2, 0.25) is 0 Å². The summed E-state index contributed by atoms with van der Waals surface area (Å²) in [4.78, 5) is 37.9. The summed E-state index contributed by atoms with van der Waals surface area (Å²) in [5.74, 6) is -1.01. The lowest BCUT2D eigenvalue weighted by molar-refractivity contribution is -0.122. The highest BCUT2D eigenvalue weighted by Gasteiger charge is 2.36. The minimum absolute atomic E-state index is 0.00361. The van der Waals surface area contributed by atoms with E-state index in [1.165, 1.54) is 30.3 Å². The molecule has 0 aromatic heterocycles. The molecule has 1 aliphatic rings. The first-order chi connectivity index (χ1) is 12.5. The maximum atomic E-state index is 12.8. The van der Waals surface area contributed by atoms with Crippen molar-refractivity contribution in [3.8, 4) is 11.5 Å². The summed E-state index contributed by atoms with van der Waals surface area (Å²) in [6.45, 7) is 2.26. The summed E-state index contributed by atoms with van der Waals surface area (Å²) < 4.78 is 5.50. The van der Waals surface area contributed by atoms with Gasteiger partial charge in [-0.15, -0.1) is 0 Å². The van der Waals surface area contributed by atoms with Crippen molar-refractivity contribution in [3.05, 3.63) is 59.7 Å². The highest BCUT2D eigenvalue weighted by Crippen LogP contribution is 2.26. The van der Waals surface area contributed by atoms with Crippen LogP contribution in [0.15, 0.2) is 54.1 Å². The molecule has 0 bridgehead atoms. The zero-order valence-electron chi connectivity index (χ0n) is 13.9. The number of nitrogens with zero attached hydrogens (tertiary/aromatic N) is 1. The quantitative estimate of drug-likeness (QED) is 0.651. The number of amides is 4. The molecular formula is C19H16N2O5. The third-order valence-corrected chi connectivity index (χ3v) is 3.73. The number of rotatable bonds is 4. The van der Waals surface area contributed by atoms with Crippen LogP contribution in [0.25, 0.3) is 6.08 Å². The first kappa shape index (κ1) is 17.2. The van der Waals surface area contributed by atoms with Crippen LogP contribution >= 0.6 is 0 Å². The number of carbonyl (C=O) groups is 3. The summed E-state index contributed by atoms with van der Waals surface area (Å²) in [6.07, 6.45) is 1.39. The minimum atomic E-state index is -0.846. The van der Waals surface area contributed by atoms with E-state index in [4.69, 9.17) is 4.74 Å².